The van der Waals surface area contributed by atoms with Crippen LogP contribution in [0.3, 0.4) is 0 Å². The van der Waals surface area contributed by atoms with Gasteiger partial charge in [-0.1, -0.05) is 19.3 Å². The van der Waals surface area contributed by atoms with Crippen LogP contribution in [0, 0.1) is 5.92 Å². The van der Waals surface area contributed by atoms with E-state index in [1.165, 1.54) is 21.3 Å². The van der Waals surface area contributed by atoms with Crippen molar-refractivity contribution in [3.8, 4) is 17.2 Å². The average Bonchev–Trinajstić information content (AvgIpc) is 3.03. The first-order valence-corrected chi connectivity index (χ1v) is 10.4. The summed E-state index contributed by atoms with van der Waals surface area (Å²) in [6.07, 6.45) is -1.08. The molecule has 1 aliphatic heterocycles. The molecule has 182 valence electrons. The van der Waals surface area contributed by atoms with Crippen LogP contribution in [0.5, 0.6) is 17.2 Å². The lowest BCUT2D eigenvalue weighted by Gasteiger charge is -2.30. The van der Waals surface area contributed by atoms with Gasteiger partial charge in [0, 0.05) is 12.1 Å². The van der Waals surface area contributed by atoms with E-state index in [4.69, 9.17) is 14.2 Å². The molecule has 1 aliphatic carbocycles. The lowest BCUT2D eigenvalue weighted by molar-refractivity contribution is -0.200. The van der Waals surface area contributed by atoms with Gasteiger partial charge in [-0.25, -0.2) is 4.79 Å². The molecule has 0 spiro atoms. The van der Waals surface area contributed by atoms with Gasteiger partial charge in [-0.3, -0.25) is 19.8 Å². The lowest BCUT2D eigenvalue weighted by atomic mass is 9.89. The monoisotopic (exact) mass is 473 g/mol. The number of alkyl halides is 3. The summed E-state index contributed by atoms with van der Waals surface area (Å²) >= 11 is 0. The Kier molecular flexibility index (Phi) is 6.94. The molecule has 0 aromatic heterocycles. The molecular weight excluding hydrogens is 447 g/mol. The number of nitrogens with one attached hydrogen (secondary N) is 2. The number of carbonyl (C=O) groups is 3. The Morgan fingerprint density at radius 1 is 1.09 bits per heavy atom. The van der Waals surface area contributed by atoms with Crippen molar-refractivity contribution < 1.29 is 41.8 Å². The minimum absolute atomic E-state index is 0.0313. The van der Waals surface area contributed by atoms with Crippen LogP contribution in [0.2, 0.25) is 0 Å². The molecule has 1 atom stereocenters. The van der Waals surface area contributed by atoms with Crippen molar-refractivity contribution in [3.63, 3.8) is 0 Å². The molecule has 1 saturated carbocycles. The quantitative estimate of drug-likeness (QED) is 0.590. The van der Waals surface area contributed by atoms with Crippen molar-refractivity contribution in [2.24, 2.45) is 5.92 Å². The Morgan fingerprint density at radius 3 is 2.15 bits per heavy atom. The van der Waals surface area contributed by atoms with E-state index >= 15 is 0 Å². The van der Waals surface area contributed by atoms with E-state index in [0.717, 1.165) is 31.4 Å². The first-order chi connectivity index (χ1) is 15.6. The van der Waals surface area contributed by atoms with Crippen molar-refractivity contribution in [1.29, 1.82) is 0 Å². The molecule has 2 aliphatic rings. The molecule has 2 N–H and O–H groups in total. The highest BCUT2D eigenvalue weighted by atomic mass is 19.4. The number of hydrogen-bond donors (Lipinski definition) is 2. The maximum atomic E-state index is 14.1. The fraction of sp³-hybridized carbons (Fsp3) is 0.571. The number of halogens is 3. The number of ether oxygens (including phenoxy) is 3. The first kappa shape index (κ1) is 24.5. The predicted molar refractivity (Wildman–Crippen MR) is 109 cm³/mol. The fourth-order valence-electron chi connectivity index (χ4n) is 4.17. The Labute approximate surface area is 188 Å². The SMILES string of the molecule is COc1cc(C(=O)N[C@]2(C(F)(F)F)NC(=O)N(CC3CCCCC3)C2=O)cc(OC)c1OC. The number of methoxy groups -OCH3 is 3. The minimum atomic E-state index is -5.29. The van der Waals surface area contributed by atoms with Gasteiger partial charge >= 0.3 is 12.2 Å². The van der Waals surface area contributed by atoms with E-state index in [9.17, 15) is 27.6 Å². The highest BCUT2D eigenvalue weighted by Gasteiger charge is 2.69. The molecule has 1 saturated heterocycles. The van der Waals surface area contributed by atoms with Gasteiger partial charge in [0.05, 0.1) is 21.3 Å². The van der Waals surface area contributed by atoms with Gasteiger partial charge < -0.3 is 19.5 Å². The van der Waals surface area contributed by atoms with Crippen molar-refractivity contribution in [3.05, 3.63) is 17.7 Å². The highest BCUT2D eigenvalue weighted by molar-refractivity contribution is 6.10. The van der Waals surface area contributed by atoms with Gasteiger partial charge in [-0.15, -0.1) is 0 Å². The summed E-state index contributed by atoms with van der Waals surface area (Å²) in [6.45, 7) is -0.136. The number of carbonyl (C=O) groups excluding carboxylic acids is 3. The van der Waals surface area contributed by atoms with Gasteiger partial charge in [0.2, 0.25) is 5.75 Å². The highest BCUT2D eigenvalue weighted by Crippen LogP contribution is 2.39. The van der Waals surface area contributed by atoms with Crippen molar-refractivity contribution >= 4 is 17.8 Å². The van der Waals surface area contributed by atoms with E-state index in [1.807, 2.05) is 0 Å². The van der Waals surface area contributed by atoms with Crippen LogP contribution in [0.4, 0.5) is 18.0 Å². The average molecular weight is 473 g/mol. The molecule has 1 heterocycles. The second kappa shape index (κ2) is 9.36. The second-order valence-corrected chi connectivity index (χ2v) is 7.97. The number of amides is 4. The van der Waals surface area contributed by atoms with Crippen LogP contribution in [0.15, 0.2) is 12.1 Å². The Hall–Kier alpha value is -3.18. The minimum Gasteiger partial charge on any atom is -0.493 e. The van der Waals surface area contributed by atoms with Gasteiger partial charge in [-0.05, 0) is 30.9 Å². The number of urea groups is 1. The number of rotatable bonds is 7. The van der Waals surface area contributed by atoms with Crippen LogP contribution in [-0.4, -0.2) is 62.5 Å². The number of imide groups is 1. The van der Waals surface area contributed by atoms with Gasteiger partial charge in [-0.2, -0.15) is 13.2 Å². The fourth-order valence-corrected chi connectivity index (χ4v) is 4.17. The molecule has 0 radical (unpaired) electrons. The number of hydrogen-bond acceptors (Lipinski definition) is 6. The summed E-state index contributed by atoms with van der Waals surface area (Å²) in [7, 11) is 3.88. The van der Waals surface area contributed by atoms with Gasteiger partial charge in [0.1, 0.15) is 0 Å². The lowest BCUT2D eigenvalue weighted by Crippen LogP contribution is -2.69. The second-order valence-electron chi connectivity index (χ2n) is 7.97. The van der Waals surface area contributed by atoms with Crippen LogP contribution in [-0.2, 0) is 4.79 Å². The molecule has 0 bridgehead atoms. The van der Waals surface area contributed by atoms with E-state index in [0.29, 0.717) is 17.7 Å². The zero-order chi connectivity index (χ0) is 24.4. The molecule has 3 rings (SSSR count). The topological polar surface area (TPSA) is 106 Å². The van der Waals surface area contributed by atoms with Gasteiger partial charge in [0.25, 0.3) is 17.5 Å². The maximum Gasteiger partial charge on any atom is 0.440 e. The predicted octanol–water partition coefficient (Wildman–Crippen LogP) is 2.83. The molecule has 2 fully saturated rings. The Morgan fingerprint density at radius 2 is 1.67 bits per heavy atom. The molecule has 0 unspecified atom stereocenters. The summed E-state index contributed by atoms with van der Waals surface area (Å²) in [5.74, 6) is -2.71. The Bertz CT molecular complexity index is 907. The van der Waals surface area contributed by atoms with Crippen molar-refractivity contribution in [2.45, 2.75) is 43.9 Å². The zero-order valence-electron chi connectivity index (χ0n) is 18.5. The maximum absolute atomic E-state index is 14.1. The third-order valence-corrected chi connectivity index (χ3v) is 5.92. The van der Waals surface area contributed by atoms with Crippen LogP contribution in [0.25, 0.3) is 0 Å². The van der Waals surface area contributed by atoms with E-state index in [2.05, 4.69) is 0 Å². The van der Waals surface area contributed by atoms with Crippen molar-refractivity contribution in [1.82, 2.24) is 15.5 Å². The van der Waals surface area contributed by atoms with Crippen LogP contribution in [0.1, 0.15) is 42.5 Å². The molecule has 4 amide bonds. The van der Waals surface area contributed by atoms with E-state index < -0.39 is 29.7 Å². The largest absolute Gasteiger partial charge is 0.493 e. The molecule has 1 aromatic carbocycles. The normalized spacial score (nSPS) is 21.6. The summed E-state index contributed by atoms with van der Waals surface area (Å²) in [5, 5.41) is 3.37. The molecule has 1 aromatic rings. The standard InChI is InChI=1S/C21H26F3N3O6/c1-31-14-9-13(10-15(32-2)16(14)33-3)17(28)25-20(21(22,23)24)18(29)27(19(30)26-20)11-12-7-5-4-6-8-12/h9-10,12H,4-8,11H2,1-3H3,(H,25,28)(H,26,30)/t20-/m0/s1. The summed E-state index contributed by atoms with van der Waals surface area (Å²) < 4.78 is 57.8. The summed E-state index contributed by atoms with van der Waals surface area (Å²) in [5.41, 5.74) is -3.88. The van der Waals surface area contributed by atoms with Crippen LogP contribution < -0.4 is 24.8 Å². The van der Waals surface area contributed by atoms with Crippen molar-refractivity contribution in [2.75, 3.05) is 27.9 Å². The Balaban J connectivity index is 1.92. The smallest absolute Gasteiger partial charge is 0.440 e. The summed E-state index contributed by atoms with van der Waals surface area (Å²) in [4.78, 5) is 38.7. The van der Waals surface area contributed by atoms with Crippen LogP contribution >= 0.6 is 0 Å². The molecule has 33 heavy (non-hydrogen) atoms. The molecule has 12 heteroatoms. The molecular formula is C21H26F3N3O6. The zero-order valence-corrected chi connectivity index (χ0v) is 18.5. The third-order valence-electron chi connectivity index (χ3n) is 5.92. The number of nitrogens with zero attached hydrogens (tertiary/aromatic N) is 1. The molecule has 9 nitrogen and oxygen atoms in total. The van der Waals surface area contributed by atoms with E-state index in [1.54, 1.807) is 10.6 Å². The van der Waals surface area contributed by atoms with E-state index in [-0.39, 0.29) is 35.3 Å². The number of benzene rings is 1. The van der Waals surface area contributed by atoms with Gasteiger partial charge in [0.15, 0.2) is 11.5 Å². The first-order valence-electron chi connectivity index (χ1n) is 10.4. The summed E-state index contributed by atoms with van der Waals surface area (Å²) in [6, 6.07) is 1.08. The third kappa shape index (κ3) is 4.51.